The van der Waals surface area contributed by atoms with Crippen molar-refractivity contribution in [3.63, 3.8) is 0 Å². The molecule has 0 saturated carbocycles. The molecule has 0 bridgehead atoms. The molecule has 0 aliphatic heterocycles. The summed E-state index contributed by atoms with van der Waals surface area (Å²) in [5.74, 6) is 0.355. The van der Waals surface area contributed by atoms with Gasteiger partial charge in [-0.25, -0.2) is 4.98 Å². The number of H-pyrrole nitrogens is 1. The number of nitrogens with one attached hydrogen (secondary N) is 1. The number of carbonyl (C=O) groups is 1. The molecule has 1 N–H and O–H groups in total. The maximum Gasteiger partial charge on any atom is 0.311 e. The fraction of sp³-hybridized carbons (Fsp3) is 0.250. The van der Waals surface area contributed by atoms with E-state index in [0.717, 1.165) is 21.5 Å². The third-order valence-corrected chi connectivity index (χ3v) is 6.28. The van der Waals surface area contributed by atoms with Crippen molar-refractivity contribution in [3.8, 4) is 10.9 Å². The van der Waals surface area contributed by atoms with Gasteiger partial charge in [0, 0.05) is 12.3 Å². The number of nitrogens with zero attached hydrogens (tertiary/aromatic N) is 3. The molecule has 0 spiro atoms. The molecule has 0 saturated heterocycles. The maximum atomic E-state index is 13.3. The Morgan fingerprint density at radius 3 is 2.61 bits per heavy atom. The van der Waals surface area contributed by atoms with Crippen molar-refractivity contribution in [1.82, 2.24) is 14.8 Å². The second kappa shape index (κ2) is 9.83. The van der Waals surface area contributed by atoms with Crippen LogP contribution < -0.4 is 10.3 Å². The van der Waals surface area contributed by atoms with Crippen molar-refractivity contribution >= 4 is 33.2 Å². The Morgan fingerprint density at radius 1 is 1.15 bits per heavy atom. The molecule has 2 aromatic heterocycles. The number of methoxy groups -OCH3 is 2. The Balaban J connectivity index is 1.65. The van der Waals surface area contributed by atoms with Gasteiger partial charge in [0.25, 0.3) is 5.56 Å². The van der Waals surface area contributed by atoms with Gasteiger partial charge in [-0.15, -0.1) is 0 Å². The van der Waals surface area contributed by atoms with Gasteiger partial charge < -0.3 is 9.47 Å². The molecule has 2 heterocycles. The number of esters is 1. The molecule has 4 aromatic rings. The minimum atomic E-state index is -0.444. The van der Waals surface area contributed by atoms with Gasteiger partial charge in [-0.3, -0.25) is 19.7 Å². The van der Waals surface area contributed by atoms with Crippen LogP contribution in [0.15, 0.2) is 58.3 Å². The molecule has 4 rings (SSSR count). The van der Waals surface area contributed by atoms with Gasteiger partial charge in [0.1, 0.15) is 5.75 Å². The van der Waals surface area contributed by atoms with Crippen LogP contribution in [0, 0.1) is 0 Å². The normalized spacial score (nSPS) is 11.7. The van der Waals surface area contributed by atoms with Crippen LogP contribution in [-0.4, -0.2) is 47.2 Å². The average molecular weight is 465 g/mol. The number of ether oxygens (including phenoxy) is 2. The molecule has 170 valence electrons. The molecule has 8 nitrogen and oxygen atoms in total. The molecule has 9 heteroatoms. The third kappa shape index (κ3) is 4.88. The van der Waals surface area contributed by atoms with Crippen molar-refractivity contribution in [3.05, 3.63) is 75.7 Å². The van der Waals surface area contributed by atoms with Gasteiger partial charge in [0.15, 0.2) is 0 Å². The first-order chi connectivity index (χ1) is 16.0. The van der Waals surface area contributed by atoms with Crippen molar-refractivity contribution in [2.75, 3.05) is 20.8 Å². The summed E-state index contributed by atoms with van der Waals surface area (Å²) in [6.45, 7) is 2.28. The molecule has 0 radical (unpaired) electrons. The lowest BCUT2D eigenvalue weighted by atomic mass is 10.1. The number of aliphatic imine (C=N–C) groups is 1. The van der Waals surface area contributed by atoms with Gasteiger partial charge in [0.2, 0.25) is 5.13 Å². The molecule has 0 atom stereocenters. The quantitative estimate of drug-likeness (QED) is 0.318. The Morgan fingerprint density at radius 2 is 1.91 bits per heavy atom. The van der Waals surface area contributed by atoms with Gasteiger partial charge in [-0.2, -0.15) is 4.68 Å². The largest absolute Gasteiger partial charge is 0.497 e. The van der Waals surface area contributed by atoms with Crippen LogP contribution in [-0.2, 0) is 22.4 Å². The topological polar surface area (TPSA) is 98.6 Å². The molecule has 0 aliphatic carbocycles. The van der Waals surface area contributed by atoms with E-state index in [9.17, 15) is 9.59 Å². The number of hydrogen-bond acceptors (Lipinski definition) is 7. The van der Waals surface area contributed by atoms with E-state index < -0.39 is 5.97 Å². The monoisotopic (exact) mass is 464 g/mol. The summed E-state index contributed by atoms with van der Waals surface area (Å²) in [7, 11) is 2.95. The number of carbonyl (C=O) groups excluding carboxylic acids is 1. The first-order valence-electron chi connectivity index (χ1n) is 10.4. The molecular weight excluding hydrogens is 440 g/mol. The fourth-order valence-electron chi connectivity index (χ4n) is 3.51. The highest BCUT2D eigenvalue weighted by Crippen LogP contribution is 2.24. The zero-order valence-electron chi connectivity index (χ0n) is 18.6. The SMILES string of the molecule is COC(=O)Cc1[nH]n(-c2nc3ccccc3s2)c(=O)c1C(C)=NCCc1ccc(OC)cc1. The number of aromatic nitrogens is 3. The summed E-state index contributed by atoms with van der Waals surface area (Å²) in [5, 5.41) is 3.56. The van der Waals surface area contributed by atoms with E-state index in [4.69, 9.17) is 9.47 Å². The van der Waals surface area contributed by atoms with E-state index >= 15 is 0 Å². The van der Waals surface area contributed by atoms with E-state index in [1.165, 1.54) is 23.1 Å². The second-order valence-corrected chi connectivity index (χ2v) is 8.40. The number of aromatic amines is 1. The van der Waals surface area contributed by atoms with Gasteiger partial charge in [0.05, 0.1) is 42.1 Å². The summed E-state index contributed by atoms with van der Waals surface area (Å²) in [4.78, 5) is 34.5. The lowest BCUT2D eigenvalue weighted by molar-refractivity contribution is -0.139. The van der Waals surface area contributed by atoms with Crippen LogP contribution >= 0.6 is 11.3 Å². The van der Waals surface area contributed by atoms with E-state index in [1.54, 1.807) is 14.0 Å². The van der Waals surface area contributed by atoms with Crippen molar-refractivity contribution in [2.24, 2.45) is 4.99 Å². The number of para-hydroxylation sites is 1. The number of fused-ring (bicyclic) bond motifs is 1. The summed E-state index contributed by atoms with van der Waals surface area (Å²) in [5.41, 5.74) is 3.01. The van der Waals surface area contributed by atoms with Crippen molar-refractivity contribution in [1.29, 1.82) is 0 Å². The number of thiazole rings is 1. The molecule has 2 aromatic carbocycles. The minimum absolute atomic E-state index is 0.0652. The Labute approximate surface area is 194 Å². The lowest BCUT2D eigenvalue weighted by Crippen LogP contribution is -2.20. The lowest BCUT2D eigenvalue weighted by Gasteiger charge is -2.03. The van der Waals surface area contributed by atoms with Gasteiger partial charge >= 0.3 is 5.97 Å². The average Bonchev–Trinajstić information content (AvgIpc) is 3.40. The molecule has 0 aliphatic rings. The smallest absolute Gasteiger partial charge is 0.311 e. The third-order valence-electron chi connectivity index (χ3n) is 5.26. The van der Waals surface area contributed by atoms with Crippen molar-refractivity contribution < 1.29 is 14.3 Å². The zero-order chi connectivity index (χ0) is 23.4. The highest BCUT2D eigenvalue weighted by atomic mass is 32.1. The number of hydrogen-bond donors (Lipinski definition) is 1. The molecule has 0 amide bonds. The van der Waals surface area contributed by atoms with Crippen LogP contribution in [0.1, 0.15) is 23.7 Å². The number of rotatable bonds is 8. The standard InChI is InChI=1S/C24H24N4O4S/c1-15(25-13-12-16-8-10-17(31-2)11-9-16)22-19(14-21(29)32-3)27-28(23(22)30)24-26-18-6-4-5-7-20(18)33-24/h4-11,27H,12-14H2,1-3H3. The van der Waals surface area contributed by atoms with E-state index in [2.05, 4.69) is 15.1 Å². The Kier molecular flexibility index (Phi) is 6.69. The maximum absolute atomic E-state index is 13.3. The van der Waals surface area contributed by atoms with E-state index in [-0.39, 0.29) is 12.0 Å². The van der Waals surface area contributed by atoms with Crippen molar-refractivity contribution in [2.45, 2.75) is 19.8 Å². The van der Waals surface area contributed by atoms with Crippen LogP contribution in [0.4, 0.5) is 0 Å². The first-order valence-corrected chi connectivity index (χ1v) is 11.2. The van der Waals surface area contributed by atoms with Crippen LogP contribution in [0.3, 0.4) is 0 Å². The van der Waals surface area contributed by atoms with E-state index in [0.29, 0.717) is 35.1 Å². The highest BCUT2D eigenvalue weighted by molar-refractivity contribution is 7.20. The number of benzene rings is 2. The predicted octanol–water partition coefficient (Wildman–Crippen LogP) is 3.55. The summed E-state index contributed by atoms with van der Waals surface area (Å²) < 4.78 is 12.3. The summed E-state index contributed by atoms with van der Waals surface area (Å²) >= 11 is 1.40. The van der Waals surface area contributed by atoms with Gasteiger partial charge in [-0.1, -0.05) is 35.6 Å². The summed E-state index contributed by atoms with van der Waals surface area (Å²) in [6.07, 6.45) is 0.647. The molecule has 0 unspecified atom stereocenters. The molecule has 0 fully saturated rings. The molecular formula is C24H24N4O4S. The molecule has 33 heavy (non-hydrogen) atoms. The second-order valence-electron chi connectivity index (χ2n) is 7.39. The first kappa shape index (κ1) is 22.5. The zero-order valence-corrected chi connectivity index (χ0v) is 19.4. The predicted molar refractivity (Wildman–Crippen MR) is 129 cm³/mol. The minimum Gasteiger partial charge on any atom is -0.497 e. The van der Waals surface area contributed by atoms with Crippen LogP contribution in [0.2, 0.25) is 0 Å². The fourth-order valence-corrected chi connectivity index (χ4v) is 4.44. The Bertz CT molecular complexity index is 1330. The van der Waals surface area contributed by atoms with Gasteiger partial charge in [-0.05, 0) is 43.2 Å². The van der Waals surface area contributed by atoms with Crippen LogP contribution in [0.25, 0.3) is 15.3 Å². The van der Waals surface area contributed by atoms with Crippen LogP contribution in [0.5, 0.6) is 5.75 Å². The Hall–Kier alpha value is -3.72. The summed E-state index contributed by atoms with van der Waals surface area (Å²) in [6, 6.07) is 15.5. The highest BCUT2D eigenvalue weighted by Gasteiger charge is 2.21. The van der Waals surface area contributed by atoms with E-state index in [1.807, 2.05) is 48.5 Å².